The fourth-order valence-corrected chi connectivity index (χ4v) is 10.4. The molecule has 4 heterocycles. The van der Waals surface area contributed by atoms with Gasteiger partial charge in [-0.25, -0.2) is 4.99 Å². The molecular weight excluding hydrogens is 661 g/mol. The van der Waals surface area contributed by atoms with Gasteiger partial charge in [0.15, 0.2) is 0 Å². The molecule has 3 aromatic heterocycles. The number of rotatable bonds is 4. The lowest BCUT2D eigenvalue weighted by atomic mass is 10.0. The summed E-state index contributed by atoms with van der Waals surface area (Å²) in [6.45, 7) is 0. The predicted molar refractivity (Wildman–Crippen MR) is 218 cm³/mol. The molecule has 0 spiro atoms. The Kier molecular flexibility index (Phi) is 6.46. The Balaban J connectivity index is 1.05. The van der Waals surface area contributed by atoms with Crippen LogP contribution in [0.2, 0.25) is 0 Å². The Bertz CT molecular complexity index is 2950. The summed E-state index contributed by atoms with van der Waals surface area (Å²) in [6, 6.07) is 57.0. The lowest BCUT2D eigenvalue weighted by molar-refractivity contribution is 0.409. The van der Waals surface area contributed by atoms with Crippen LogP contribution < -0.4 is 10.6 Å². The van der Waals surface area contributed by atoms with Gasteiger partial charge in [0.1, 0.15) is 18.2 Å². The first-order valence-electron chi connectivity index (χ1n) is 17.3. The fraction of sp³-hybridized carbons (Fsp3) is 0.0444. The third-order valence-corrected chi connectivity index (χ3v) is 12.8. The molecular formula is C45H30N4S2. The molecule has 0 amide bonds. The lowest BCUT2D eigenvalue weighted by Crippen LogP contribution is -2.44. The van der Waals surface area contributed by atoms with E-state index in [4.69, 9.17) is 4.99 Å². The van der Waals surface area contributed by atoms with Crippen molar-refractivity contribution in [1.82, 2.24) is 15.2 Å². The molecule has 0 fully saturated rings. The minimum Gasteiger partial charge on any atom is -0.350 e. The molecule has 0 aliphatic carbocycles. The van der Waals surface area contributed by atoms with Crippen molar-refractivity contribution in [3.63, 3.8) is 0 Å². The first kappa shape index (κ1) is 29.0. The number of hydrogen-bond acceptors (Lipinski definition) is 5. The summed E-state index contributed by atoms with van der Waals surface area (Å²) in [5.74, 6) is 0.873. The van der Waals surface area contributed by atoms with Crippen LogP contribution in [0.1, 0.15) is 29.0 Å². The highest BCUT2D eigenvalue weighted by Crippen LogP contribution is 2.45. The van der Waals surface area contributed by atoms with E-state index >= 15 is 0 Å². The Morgan fingerprint density at radius 3 is 1.90 bits per heavy atom. The fourth-order valence-electron chi connectivity index (χ4n) is 7.89. The SMILES string of the molecule is c1ccc(C2NC(c3cccc(-n4c5ccccc5c5ccccc54)c3)=NC(c3ccc4sc5c(ccc6c7ccccc7sc65)c4c3)N2)cc1. The van der Waals surface area contributed by atoms with E-state index in [0.717, 1.165) is 22.6 Å². The summed E-state index contributed by atoms with van der Waals surface area (Å²) in [4.78, 5) is 5.39. The minimum atomic E-state index is -0.240. The van der Waals surface area contributed by atoms with Gasteiger partial charge in [-0.2, -0.15) is 0 Å². The van der Waals surface area contributed by atoms with Gasteiger partial charge in [-0.3, -0.25) is 5.32 Å². The van der Waals surface area contributed by atoms with Gasteiger partial charge in [-0.15, -0.1) is 22.7 Å². The molecule has 6 heteroatoms. The monoisotopic (exact) mass is 690 g/mol. The molecule has 2 unspecified atom stereocenters. The summed E-state index contributed by atoms with van der Waals surface area (Å²) >= 11 is 3.80. The molecule has 1 aliphatic heterocycles. The molecule has 2 atom stereocenters. The quantitative estimate of drug-likeness (QED) is 0.193. The number of aliphatic imine (C=N–C) groups is 1. The van der Waals surface area contributed by atoms with Crippen molar-refractivity contribution in [1.29, 1.82) is 0 Å². The van der Waals surface area contributed by atoms with E-state index in [9.17, 15) is 0 Å². The zero-order valence-corrected chi connectivity index (χ0v) is 29.0. The third kappa shape index (κ3) is 4.58. The van der Waals surface area contributed by atoms with Gasteiger partial charge in [-0.1, -0.05) is 115 Å². The van der Waals surface area contributed by atoms with Crippen molar-refractivity contribution in [2.75, 3.05) is 0 Å². The molecule has 0 saturated carbocycles. The van der Waals surface area contributed by atoms with Crippen LogP contribution in [0.25, 0.3) is 67.8 Å². The number of hydrogen-bond donors (Lipinski definition) is 2. The maximum absolute atomic E-state index is 5.39. The third-order valence-electron chi connectivity index (χ3n) is 10.3. The number of thiophene rings is 2. The molecule has 51 heavy (non-hydrogen) atoms. The predicted octanol–water partition coefficient (Wildman–Crippen LogP) is 11.9. The van der Waals surface area contributed by atoms with Gasteiger partial charge < -0.3 is 9.88 Å². The second kappa shape index (κ2) is 11.4. The van der Waals surface area contributed by atoms with Gasteiger partial charge in [0.25, 0.3) is 0 Å². The Hall–Kier alpha value is -5.79. The lowest BCUT2D eigenvalue weighted by Gasteiger charge is -2.32. The largest absolute Gasteiger partial charge is 0.350 e. The van der Waals surface area contributed by atoms with Crippen LogP contribution in [-0.4, -0.2) is 10.4 Å². The first-order chi connectivity index (χ1) is 25.3. The Morgan fingerprint density at radius 2 is 1.14 bits per heavy atom. The van der Waals surface area contributed by atoms with Crippen LogP contribution in [0.5, 0.6) is 0 Å². The van der Waals surface area contributed by atoms with E-state index in [1.165, 1.54) is 67.7 Å². The van der Waals surface area contributed by atoms with E-state index in [-0.39, 0.29) is 12.3 Å². The van der Waals surface area contributed by atoms with Crippen molar-refractivity contribution in [2.24, 2.45) is 4.99 Å². The van der Waals surface area contributed by atoms with Crippen LogP contribution in [0.15, 0.2) is 163 Å². The minimum absolute atomic E-state index is 0.117. The van der Waals surface area contributed by atoms with E-state index in [0.29, 0.717) is 0 Å². The maximum atomic E-state index is 5.39. The highest BCUT2D eigenvalue weighted by molar-refractivity contribution is 7.33. The van der Waals surface area contributed by atoms with Crippen molar-refractivity contribution in [3.8, 4) is 5.69 Å². The zero-order chi connectivity index (χ0) is 33.5. The average Bonchev–Trinajstić information content (AvgIpc) is 3.88. The molecule has 1 aliphatic rings. The molecule has 10 aromatic rings. The molecule has 0 saturated heterocycles. The van der Waals surface area contributed by atoms with E-state index in [1.54, 1.807) is 0 Å². The van der Waals surface area contributed by atoms with Crippen molar-refractivity contribution >= 4 is 90.7 Å². The molecule has 2 N–H and O–H groups in total. The van der Waals surface area contributed by atoms with Gasteiger partial charge in [-0.05, 0) is 53.6 Å². The van der Waals surface area contributed by atoms with Crippen LogP contribution >= 0.6 is 22.7 Å². The van der Waals surface area contributed by atoms with E-state index < -0.39 is 0 Å². The maximum Gasteiger partial charge on any atom is 0.131 e. The highest BCUT2D eigenvalue weighted by Gasteiger charge is 2.26. The summed E-state index contributed by atoms with van der Waals surface area (Å²) in [6.07, 6.45) is -0.357. The van der Waals surface area contributed by atoms with Crippen LogP contribution in [-0.2, 0) is 0 Å². The molecule has 11 rings (SSSR count). The van der Waals surface area contributed by atoms with Crippen molar-refractivity contribution in [2.45, 2.75) is 12.3 Å². The molecule has 0 radical (unpaired) electrons. The standard InChI is InChI=1S/C45H30N4S2/c1-2-11-27(12-3-1)43-46-44(28-13-10-14-30(25-28)49-37-18-7-4-15-31(37)32-16-5-8-19-38(32)49)48-45(47-43)29-21-24-40-36(26-29)35-23-22-34-33-17-6-9-20-39(33)50-41(34)42(35)51-40/h1-26,43,45,47H,(H,46,48). The smallest absolute Gasteiger partial charge is 0.131 e. The number of fused-ring (bicyclic) bond motifs is 10. The molecule has 7 aromatic carbocycles. The molecule has 4 nitrogen and oxygen atoms in total. The van der Waals surface area contributed by atoms with Crippen LogP contribution in [0.3, 0.4) is 0 Å². The summed E-state index contributed by atoms with van der Waals surface area (Å²) in [5, 5.41) is 15.4. The second-order valence-corrected chi connectivity index (χ2v) is 15.3. The summed E-state index contributed by atoms with van der Waals surface area (Å²) in [5.41, 5.74) is 6.87. The van der Waals surface area contributed by atoms with Gasteiger partial charge in [0, 0.05) is 53.0 Å². The number of nitrogens with one attached hydrogen (secondary N) is 2. The normalized spacial score (nSPS) is 16.4. The highest BCUT2D eigenvalue weighted by atomic mass is 32.1. The number of amidine groups is 1. The van der Waals surface area contributed by atoms with Crippen LogP contribution in [0.4, 0.5) is 0 Å². The van der Waals surface area contributed by atoms with E-state index in [1.807, 2.05) is 22.7 Å². The number of nitrogens with zero attached hydrogens (tertiary/aromatic N) is 2. The summed E-state index contributed by atoms with van der Waals surface area (Å²) in [7, 11) is 0. The molecule has 242 valence electrons. The van der Waals surface area contributed by atoms with Gasteiger partial charge >= 0.3 is 0 Å². The second-order valence-electron chi connectivity index (χ2n) is 13.2. The zero-order valence-electron chi connectivity index (χ0n) is 27.4. The number of aromatic nitrogens is 1. The number of benzene rings is 7. The van der Waals surface area contributed by atoms with Gasteiger partial charge in [0.2, 0.25) is 0 Å². The first-order valence-corrected chi connectivity index (χ1v) is 18.9. The number of para-hydroxylation sites is 2. The Morgan fingerprint density at radius 1 is 0.490 bits per heavy atom. The van der Waals surface area contributed by atoms with Crippen LogP contribution in [0, 0.1) is 0 Å². The average molecular weight is 691 g/mol. The Labute approximate surface area is 301 Å². The topological polar surface area (TPSA) is 41.4 Å². The van der Waals surface area contributed by atoms with Crippen molar-refractivity contribution < 1.29 is 0 Å². The van der Waals surface area contributed by atoms with E-state index in [2.05, 4.69) is 173 Å². The molecule has 0 bridgehead atoms. The van der Waals surface area contributed by atoms with Crippen molar-refractivity contribution in [3.05, 3.63) is 174 Å². The van der Waals surface area contributed by atoms with Gasteiger partial charge in [0.05, 0.1) is 20.4 Å². The summed E-state index contributed by atoms with van der Waals surface area (Å²) < 4.78 is 7.75.